The zero-order chi connectivity index (χ0) is 25.9. The van der Waals surface area contributed by atoms with E-state index in [1.165, 1.54) is 48.5 Å². The molecule has 1 heterocycles. The molecule has 0 aliphatic heterocycles. The number of nitriles is 1. The van der Waals surface area contributed by atoms with Crippen LogP contribution in [-0.4, -0.2) is 24.1 Å². The Morgan fingerprint density at radius 3 is 2.47 bits per heavy atom. The van der Waals surface area contributed by atoms with Gasteiger partial charge >= 0.3 is 6.18 Å². The van der Waals surface area contributed by atoms with Crippen LogP contribution in [-0.2, 0) is 16.0 Å². The van der Waals surface area contributed by atoms with Gasteiger partial charge in [0.2, 0.25) is 0 Å². The number of hydrogen-bond donors (Lipinski definition) is 0. The Labute approximate surface area is 203 Å². The molecule has 0 atom stereocenters. The molecular formula is C25H17F4N3O3S. The molecular weight excluding hydrogens is 498 g/mol. The minimum Gasteiger partial charge on any atom is -0.457 e. The van der Waals surface area contributed by atoms with Crippen molar-refractivity contribution in [2.45, 2.75) is 23.9 Å². The summed E-state index contributed by atoms with van der Waals surface area (Å²) >= 11 is 0. The molecule has 6 nitrogen and oxygen atoms in total. The van der Waals surface area contributed by atoms with Gasteiger partial charge in [-0.25, -0.2) is 22.8 Å². The van der Waals surface area contributed by atoms with E-state index in [0.717, 1.165) is 18.5 Å². The molecule has 0 aliphatic carbocycles. The van der Waals surface area contributed by atoms with E-state index in [2.05, 4.69) is 9.97 Å². The summed E-state index contributed by atoms with van der Waals surface area (Å²) in [5.74, 6) is -0.677. The van der Waals surface area contributed by atoms with Gasteiger partial charge in [-0.05, 0) is 48.9 Å². The highest BCUT2D eigenvalue weighted by atomic mass is 32.2. The van der Waals surface area contributed by atoms with E-state index in [-0.39, 0.29) is 57.1 Å². The Balaban J connectivity index is 1.70. The lowest BCUT2D eigenvalue weighted by Gasteiger charge is -2.13. The molecule has 0 bridgehead atoms. The Morgan fingerprint density at radius 1 is 0.972 bits per heavy atom. The van der Waals surface area contributed by atoms with E-state index in [1.54, 1.807) is 0 Å². The minimum absolute atomic E-state index is 0.00162. The fraction of sp³-hybridized carbons (Fsp3) is 0.160. The number of sulfone groups is 1. The molecule has 0 saturated carbocycles. The minimum atomic E-state index is -4.66. The molecule has 0 radical (unpaired) electrons. The monoisotopic (exact) mass is 515 g/mol. The van der Waals surface area contributed by atoms with Crippen molar-refractivity contribution in [1.82, 2.24) is 9.97 Å². The molecule has 36 heavy (non-hydrogen) atoms. The van der Waals surface area contributed by atoms with Crippen LogP contribution in [0.1, 0.15) is 18.4 Å². The van der Waals surface area contributed by atoms with Crippen LogP contribution in [0.4, 0.5) is 17.6 Å². The number of ether oxygens (including phenoxy) is 1. The number of unbranched alkanes of at least 4 members (excludes halogenated alkanes) is 1. The first-order chi connectivity index (χ1) is 17.1. The first-order valence-electron chi connectivity index (χ1n) is 10.6. The highest BCUT2D eigenvalue weighted by Gasteiger charge is 2.33. The van der Waals surface area contributed by atoms with E-state index in [1.807, 2.05) is 6.07 Å². The summed E-state index contributed by atoms with van der Waals surface area (Å²) in [6.45, 7) is 0. The quantitative estimate of drug-likeness (QED) is 0.211. The number of alkyl halides is 3. The molecule has 0 unspecified atom stereocenters. The van der Waals surface area contributed by atoms with Crippen molar-refractivity contribution in [3.63, 3.8) is 0 Å². The van der Waals surface area contributed by atoms with E-state index < -0.39 is 27.4 Å². The van der Waals surface area contributed by atoms with E-state index >= 15 is 0 Å². The van der Waals surface area contributed by atoms with Crippen molar-refractivity contribution >= 4 is 20.7 Å². The van der Waals surface area contributed by atoms with E-state index in [0.29, 0.717) is 0 Å². The van der Waals surface area contributed by atoms with Crippen molar-refractivity contribution in [2.24, 2.45) is 0 Å². The van der Waals surface area contributed by atoms with Crippen molar-refractivity contribution in [2.75, 3.05) is 5.75 Å². The largest absolute Gasteiger partial charge is 0.457 e. The summed E-state index contributed by atoms with van der Waals surface area (Å²) in [6, 6.07) is 14.7. The molecule has 0 spiro atoms. The number of benzene rings is 3. The third kappa shape index (κ3) is 5.28. The highest BCUT2D eigenvalue weighted by molar-refractivity contribution is 7.91. The maximum atomic E-state index is 14.8. The van der Waals surface area contributed by atoms with Crippen molar-refractivity contribution in [3.05, 3.63) is 78.4 Å². The third-order valence-electron chi connectivity index (χ3n) is 5.27. The second-order valence-corrected chi connectivity index (χ2v) is 9.83. The third-order valence-corrected chi connectivity index (χ3v) is 7.06. The van der Waals surface area contributed by atoms with Gasteiger partial charge in [-0.15, -0.1) is 0 Å². The van der Waals surface area contributed by atoms with Crippen LogP contribution in [0.15, 0.2) is 71.9 Å². The Morgan fingerprint density at radius 2 is 1.72 bits per heavy atom. The van der Waals surface area contributed by atoms with Crippen molar-refractivity contribution in [3.8, 4) is 28.8 Å². The normalized spacial score (nSPS) is 11.9. The van der Waals surface area contributed by atoms with Crippen LogP contribution in [0.5, 0.6) is 11.5 Å². The van der Waals surface area contributed by atoms with Crippen LogP contribution in [0.3, 0.4) is 0 Å². The van der Waals surface area contributed by atoms with E-state index in [9.17, 15) is 26.0 Å². The van der Waals surface area contributed by atoms with Crippen LogP contribution in [0, 0.1) is 17.1 Å². The van der Waals surface area contributed by atoms with Gasteiger partial charge in [0.15, 0.2) is 9.84 Å². The Kier molecular flexibility index (Phi) is 6.90. The van der Waals surface area contributed by atoms with Gasteiger partial charge in [-0.3, -0.25) is 0 Å². The summed E-state index contributed by atoms with van der Waals surface area (Å²) in [5, 5.41) is 8.63. The second kappa shape index (κ2) is 9.91. The zero-order valence-corrected chi connectivity index (χ0v) is 19.3. The molecule has 4 rings (SSSR count). The number of hydrogen-bond acceptors (Lipinski definition) is 6. The first kappa shape index (κ1) is 25.1. The maximum absolute atomic E-state index is 14.8. The SMILES string of the molecule is N#CCCCS(=O)(=O)c1cccc(Oc2ccc(F)c(-c3ncnc4c(C(F)(F)F)cccc34)c2)c1. The summed E-state index contributed by atoms with van der Waals surface area (Å²) in [5.41, 5.74) is -1.50. The summed E-state index contributed by atoms with van der Waals surface area (Å²) in [7, 11) is -3.65. The fourth-order valence-electron chi connectivity index (χ4n) is 3.61. The molecule has 0 aliphatic rings. The maximum Gasteiger partial charge on any atom is 0.418 e. The molecule has 0 fully saturated rings. The lowest BCUT2D eigenvalue weighted by atomic mass is 10.0. The summed E-state index contributed by atoms with van der Waals surface area (Å²) < 4.78 is 85.8. The molecule has 0 saturated heterocycles. The summed E-state index contributed by atoms with van der Waals surface area (Å²) in [4.78, 5) is 7.77. The van der Waals surface area contributed by atoms with Gasteiger partial charge in [0.05, 0.1) is 33.5 Å². The standard InChI is InChI=1S/C25H17F4N3O3S/c26-22-10-9-17(35-16-5-3-6-18(13-16)36(33,34)12-2-1-11-30)14-20(22)23-19-7-4-8-21(25(27,28)29)24(19)32-15-31-23/h3-10,13-15H,1-2,12H2. The molecule has 0 amide bonds. The second-order valence-electron chi connectivity index (χ2n) is 7.72. The lowest BCUT2D eigenvalue weighted by Crippen LogP contribution is -2.07. The van der Waals surface area contributed by atoms with Crippen molar-refractivity contribution < 1.29 is 30.7 Å². The van der Waals surface area contributed by atoms with Gasteiger partial charge < -0.3 is 4.74 Å². The number of fused-ring (bicyclic) bond motifs is 1. The highest BCUT2D eigenvalue weighted by Crippen LogP contribution is 2.37. The number of rotatable bonds is 7. The predicted octanol–water partition coefficient (Wildman–Crippen LogP) is 6.32. The van der Waals surface area contributed by atoms with Crippen LogP contribution >= 0.6 is 0 Å². The van der Waals surface area contributed by atoms with E-state index in [4.69, 9.17) is 10.00 Å². The van der Waals surface area contributed by atoms with Gasteiger partial charge in [0.1, 0.15) is 23.6 Å². The Hall–Kier alpha value is -4.04. The van der Waals surface area contributed by atoms with Gasteiger partial charge in [-0.2, -0.15) is 18.4 Å². The zero-order valence-electron chi connectivity index (χ0n) is 18.5. The average molecular weight is 515 g/mol. The lowest BCUT2D eigenvalue weighted by molar-refractivity contribution is -0.136. The molecule has 11 heteroatoms. The molecule has 3 aromatic carbocycles. The number of aromatic nitrogens is 2. The Bertz CT molecular complexity index is 1580. The molecule has 184 valence electrons. The molecule has 4 aromatic rings. The number of halogens is 4. The smallest absolute Gasteiger partial charge is 0.418 e. The summed E-state index contributed by atoms with van der Waals surface area (Å²) in [6.07, 6.45) is -3.43. The predicted molar refractivity (Wildman–Crippen MR) is 123 cm³/mol. The first-order valence-corrected chi connectivity index (χ1v) is 12.2. The van der Waals surface area contributed by atoms with Gasteiger partial charge in [0, 0.05) is 17.4 Å². The van der Waals surface area contributed by atoms with Gasteiger partial charge in [-0.1, -0.05) is 18.2 Å². The molecule has 1 aromatic heterocycles. The topological polar surface area (TPSA) is 92.9 Å². The average Bonchev–Trinajstić information content (AvgIpc) is 2.84. The number of nitrogens with zero attached hydrogens (tertiary/aromatic N) is 3. The molecule has 0 N–H and O–H groups in total. The fourth-order valence-corrected chi connectivity index (χ4v) is 4.95. The van der Waals surface area contributed by atoms with Crippen LogP contribution in [0.25, 0.3) is 22.2 Å². The van der Waals surface area contributed by atoms with Crippen LogP contribution < -0.4 is 4.74 Å². The number of para-hydroxylation sites is 1. The van der Waals surface area contributed by atoms with Crippen LogP contribution in [0.2, 0.25) is 0 Å². The van der Waals surface area contributed by atoms with Gasteiger partial charge in [0.25, 0.3) is 0 Å². The van der Waals surface area contributed by atoms with Crippen molar-refractivity contribution in [1.29, 1.82) is 5.26 Å².